The number of carbonyl (C=O) groups is 2. The van der Waals surface area contributed by atoms with E-state index in [2.05, 4.69) is 0 Å². The minimum Gasteiger partial charge on any atom is -0.543 e. The van der Waals surface area contributed by atoms with Crippen molar-refractivity contribution in [3.8, 4) is 0 Å². The molecule has 172 valence electrons. The van der Waals surface area contributed by atoms with Crippen molar-refractivity contribution < 1.29 is 98.3 Å². The molecule has 0 saturated carbocycles. The van der Waals surface area contributed by atoms with Gasteiger partial charge < -0.3 is 30.0 Å². The summed E-state index contributed by atoms with van der Waals surface area (Å²) in [4.78, 5) is 21.1. The summed E-state index contributed by atoms with van der Waals surface area (Å²) in [7, 11) is -2.61. The molecule has 2 rings (SSSR count). The number of carboxylic acids is 2. The number of aliphatic carboxylic acids is 2. The number of carbonyl (C=O) groups excluding carboxylic acids is 2. The predicted octanol–water partition coefficient (Wildman–Crippen LogP) is -5.05. The van der Waals surface area contributed by atoms with Gasteiger partial charge in [0.05, 0.1) is 0 Å². The maximum Gasteiger partial charge on any atom is 1.00 e. The fraction of sp³-hybridized carbons (Fsp3) is 0.364. The molecular formula is C22H26Na2O8P2+2. The summed E-state index contributed by atoms with van der Waals surface area (Å²) >= 11 is 0. The van der Waals surface area contributed by atoms with Gasteiger partial charge in [-0.3, -0.25) is 0 Å². The summed E-state index contributed by atoms with van der Waals surface area (Å²) in [5, 5.41) is 35.5. The molecule has 2 aromatic rings. The van der Waals surface area contributed by atoms with Gasteiger partial charge >= 0.3 is 76.0 Å². The smallest absolute Gasteiger partial charge is 0.543 e. The maximum atomic E-state index is 10.6. The number of hydrogen-bond acceptors (Lipinski definition) is 8. The van der Waals surface area contributed by atoms with E-state index in [-0.39, 0.29) is 72.0 Å². The van der Waals surface area contributed by atoms with Crippen LogP contribution in [0, 0.1) is 0 Å². The Bertz CT molecular complexity index is 815. The number of carboxylic acid groups (broad SMARTS) is 2. The van der Waals surface area contributed by atoms with E-state index in [1.807, 2.05) is 60.7 Å². The van der Waals surface area contributed by atoms with Crippen LogP contribution in [-0.4, -0.2) is 32.8 Å². The molecule has 0 amide bonds. The molecule has 2 aromatic carbocycles. The molecule has 0 spiro atoms. The first kappa shape index (κ1) is 35.7. The molecule has 0 fully saturated rings. The number of benzene rings is 2. The van der Waals surface area contributed by atoms with Crippen molar-refractivity contribution in [3.63, 3.8) is 0 Å². The SMILES string of the molecule is O=[PH+]C(O)(CCCc1ccccc1)C(=O)[O-].O=[PH+]C(O)(CCCc1ccccc1)C(=O)[O-].[Na+].[Na+]. The molecule has 0 saturated heterocycles. The molecule has 0 aliphatic carbocycles. The molecule has 4 unspecified atom stereocenters. The number of hydrogen-bond donors (Lipinski definition) is 2. The summed E-state index contributed by atoms with van der Waals surface area (Å²) in [6, 6.07) is 19.0. The monoisotopic (exact) mass is 526 g/mol. The van der Waals surface area contributed by atoms with Gasteiger partial charge in [0.2, 0.25) is 0 Å². The van der Waals surface area contributed by atoms with Crippen molar-refractivity contribution in [2.45, 2.75) is 49.2 Å². The van der Waals surface area contributed by atoms with Crippen LogP contribution in [0.2, 0.25) is 0 Å². The third-order valence-corrected chi connectivity index (χ3v) is 6.29. The van der Waals surface area contributed by atoms with Crippen LogP contribution >= 0.6 is 16.9 Å². The maximum absolute atomic E-state index is 10.6. The number of aliphatic hydroxyl groups is 2. The minimum atomic E-state index is -2.20. The molecule has 0 aliphatic heterocycles. The summed E-state index contributed by atoms with van der Waals surface area (Å²) < 4.78 is 21.2. The van der Waals surface area contributed by atoms with E-state index in [0.29, 0.717) is 25.7 Å². The largest absolute Gasteiger partial charge is 1.00 e. The Hall–Kier alpha value is -0.500. The van der Waals surface area contributed by atoms with Gasteiger partial charge in [-0.25, -0.2) is 0 Å². The van der Waals surface area contributed by atoms with Crippen LogP contribution in [0.25, 0.3) is 0 Å². The van der Waals surface area contributed by atoms with Crippen LogP contribution in [0.1, 0.15) is 36.8 Å². The van der Waals surface area contributed by atoms with Crippen LogP contribution in [0.4, 0.5) is 0 Å². The van der Waals surface area contributed by atoms with E-state index < -0.39 is 39.5 Å². The van der Waals surface area contributed by atoms with Crippen LogP contribution < -0.4 is 69.3 Å². The first-order valence-electron chi connectivity index (χ1n) is 9.91. The second-order valence-corrected chi connectivity index (χ2v) is 9.24. The van der Waals surface area contributed by atoms with Gasteiger partial charge in [0.15, 0.2) is 0 Å². The first-order valence-corrected chi connectivity index (χ1v) is 11.7. The van der Waals surface area contributed by atoms with Crippen molar-refractivity contribution in [1.29, 1.82) is 0 Å². The second kappa shape index (κ2) is 18.7. The summed E-state index contributed by atoms with van der Waals surface area (Å²) in [5.74, 6) is -3.34. The molecule has 0 bridgehead atoms. The van der Waals surface area contributed by atoms with Crippen LogP contribution in [0.15, 0.2) is 60.7 Å². The van der Waals surface area contributed by atoms with E-state index in [9.17, 15) is 39.1 Å². The molecule has 12 heteroatoms. The molecule has 0 radical (unpaired) electrons. The van der Waals surface area contributed by atoms with Gasteiger partial charge in [0.1, 0.15) is 11.9 Å². The molecule has 0 aromatic heterocycles. The quantitative estimate of drug-likeness (QED) is 0.206. The molecule has 0 aliphatic rings. The Kier molecular flexibility index (Phi) is 19.6. The van der Waals surface area contributed by atoms with Crippen molar-refractivity contribution in [1.82, 2.24) is 0 Å². The van der Waals surface area contributed by atoms with Crippen molar-refractivity contribution in [2.24, 2.45) is 0 Å². The fourth-order valence-electron chi connectivity index (χ4n) is 2.78. The average molecular weight is 526 g/mol. The standard InChI is InChI=1S/2C11H13O4P.2Na/c2*12-10(13)11(14,16-15)8-4-7-9-5-2-1-3-6-9;;/h2*1-3,5-6,14H,4,7-8H2,(H,12,13);;/q;;2*+1. The normalized spacial score (nSPS) is 13.7. The third kappa shape index (κ3) is 13.0. The van der Waals surface area contributed by atoms with Crippen molar-refractivity contribution >= 4 is 28.9 Å². The van der Waals surface area contributed by atoms with Crippen LogP contribution in [0.3, 0.4) is 0 Å². The minimum absolute atomic E-state index is 0. The van der Waals surface area contributed by atoms with Gasteiger partial charge in [-0.15, -0.1) is 0 Å². The van der Waals surface area contributed by atoms with E-state index in [1.54, 1.807) is 0 Å². The Morgan fingerprint density at radius 1 is 0.676 bits per heavy atom. The Morgan fingerprint density at radius 2 is 0.971 bits per heavy atom. The van der Waals surface area contributed by atoms with Crippen LogP contribution in [0.5, 0.6) is 0 Å². The molecule has 8 nitrogen and oxygen atoms in total. The Morgan fingerprint density at radius 3 is 1.21 bits per heavy atom. The Labute approximate surface area is 246 Å². The second-order valence-electron chi connectivity index (χ2n) is 7.18. The van der Waals surface area contributed by atoms with Crippen LogP contribution in [-0.2, 0) is 31.6 Å². The summed E-state index contributed by atoms with van der Waals surface area (Å²) in [6.45, 7) is 0. The van der Waals surface area contributed by atoms with Gasteiger partial charge in [-0.05, 0) is 36.8 Å². The van der Waals surface area contributed by atoms with E-state index >= 15 is 0 Å². The molecule has 0 heterocycles. The number of rotatable bonds is 12. The van der Waals surface area contributed by atoms with Crippen molar-refractivity contribution in [2.75, 3.05) is 0 Å². The number of aryl methyl sites for hydroxylation is 2. The van der Waals surface area contributed by atoms with Crippen molar-refractivity contribution in [3.05, 3.63) is 71.8 Å². The predicted molar refractivity (Wildman–Crippen MR) is 117 cm³/mol. The summed E-state index contributed by atoms with van der Waals surface area (Å²) in [5.41, 5.74) is 2.11. The fourth-order valence-corrected chi connectivity index (χ4v) is 3.50. The molecular weight excluding hydrogens is 500 g/mol. The van der Waals surface area contributed by atoms with Gasteiger partial charge in [0, 0.05) is 12.8 Å². The van der Waals surface area contributed by atoms with E-state index in [1.165, 1.54) is 0 Å². The zero-order valence-electron chi connectivity index (χ0n) is 19.4. The zero-order chi connectivity index (χ0) is 24.0. The Balaban J connectivity index is 0. The average Bonchev–Trinajstić information content (AvgIpc) is 2.80. The van der Waals surface area contributed by atoms with E-state index in [0.717, 1.165) is 11.1 Å². The topological polar surface area (TPSA) is 155 Å². The van der Waals surface area contributed by atoms with E-state index in [4.69, 9.17) is 0 Å². The zero-order valence-corrected chi connectivity index (χ0v) is 25.4. The van der Waals surface area contributed by atoms with Gasteiger partial charge in [-0.2, -0.15) is 0 Å². The molecule has 2 N–H and O–H groups in total. The molecule has 34 heavy (non-hydrogen) atoms. The van der Waals surface area contributed by atoms with Gasteiger partial charge in [-0.1, -0.05) is 69.8 Å². The summed E-state index contributed by atoms with van der Waals surface area (Å²) in [6.07, 6.45) is 2.05. The third-order valence-electron chi connectivity index (χ3n) is 4.71. The molecule has 4 atom stereocenters. The first-order chi connectivity index (χ1) is 15.2. The van der Waals surface area contributed by atoms with Gasteiger partial charge in [0.25, 0.3) is 10.7 Å².